The number of primary amides is 1. The van der Waals surface area contributed by atoms with Gasteiger partial charge in [0.05, 0.1) is 12.8 Å². The van der Waals surface area contributed by atoms with Crippen LogP contribution in [-0.2, 0) is 0 Å². The van der Waals surface area contributed by atoms with Gasteiger partial charge in [0.1, 0.15) is 11.3 Å². The molecule has 0 unspecified atom stereocenters. The molecule has 4 N–H and O–H groups in total. The van der Waals surface area contributed by atoms with Gasteiger partial charge in [-0.2, -0.15) is 0 Å². The summed E-state index contributed by atoms with van der Waals surface area (Å²) >= 11 is 0. The lowest BCUT2D eigenvalue weighted by molar-refractivity contribution is 0.0996. The van der Waals surface area contributed by atoms with Crippen molar-refractivity contribution in [3.8, 4) is 16.9 Å². The summed E-state index contributed by atoms with van der Waals surface area (Å²) in [5.74, 6) is -0.0573. The maximum atomic E-state index is 11.3. The summed E-state index contributed by atoms with van der Waals surface area (Å²) in [7, 11) is 1.58. The predicted molar refractivity (Wildman–Crippen MR) is 82.3 cm³/mol. The molecule has 0 spiro atoms. The lowest BCUT2D eigenvalue weighted by Crippen LogP contribution is -2.16. The molecule has 0 saturated carbocycles. The molecule has 0 fully saturated rings. The van der Waals surface area contributed by atoms with Crippen molar-refractivity contribution in [3.63, 3.8) is 0 Å². The quantitative estimate of drug-likeness (QED) is 0.753. The number of pyridine rings is 1. The number of nitrogens with zero attached hydrogens (tertiary/aromatic N) is 3. The van der Waals surface area contributed by atoms with Gasteiger partial charge in [-0.25, -0.2) is 0 Å². The van der Waals surface area contributed by atoms with E-state index in [2.05, 4.69) is 15.2 Å². The van der Waals surface area contributed by atoms with Crippen LogP contribution in [-0.4, -0.2) is 28.2 Å². The second-order valence-electron chi connectivity index (χ2n) is 4.60. The van der Waals surface area contributed by atoms with E-state index in [1.54, 1.807) is 31.6 Å². The highest BCUT2D eigenvalue weighted by atomic mass is 16.5. The predicted octanol–water partition coefficient (Wildman–Crippen LogP) is 1.38. The topological polar surface area (TPSA) is 117 Å². The van der Waals surface area contributed by atoms with E-state index in [1.165, 1.54) is 0 Å². The minimum absolute atomic E-state index is 0.0391. The Morgan fingerprint density at radius 1 is 1.18 bits per heavy atom. The Kier molecular flexibility index (Phi) is 3.30. The Bertz CT molecular complexity index is 879. The van der Waals surface area contributed by atoms with Crippen molar-refractivity contribution in [2.45, 2.75) is 0 Å². The Hall–Kier alpha value is -3.22. The van der Waals surface area contributed by atoms with Gasteiger partial charge < -0.3 is 16.2 Å². The third kappa shape index (κ3) is 2.08. The Morgan fingerprint density at radius 2 is 2.00 bits per heavy atom. The molecule has 0 aliphatic carbocycles. The summed E-state index contributed by atoms with van der Waals surface area (Å²) < 4.78 is 5.35. The molecule has 0 saturated heterocycles. The maximum absolute atomic E-state index is 11.3. The van der Waals surface area contributed by atoms with Gasteiger partial charge in [-0.3, -0.25) is 9.78 Å². The number of aromatic nitrogens is 3. The molecule has 0 atom stereocenters. The van der Waals surface area contributed by atoms with Crippen LogP contribution in [0.4, 0.5) is 5.69 Å². The van der Waals surface area contributed by atoms with Crippen LogP contribution in [0.3, 0.4) is 0 Å². The highest BCUT2D eigenvalue weighted by Crippen LogP contribution is 2.34. The van der Waals surface area contributed by atoms with Gasteiger partial charge in [-0.1, -0.05) is 18.2 Å². The average molecular weight is 295 g/mol. The van der Waals surface area contributed by atoms with Crippen LogP contribution < -0.4 is 16.2 Å². The lowest BCUT2D eigenvalue weighted by atomic mass is 10.0. The number of nitrogens with two attached hydrogens (primary N) is 2. The van der Waals surface area contributed by atoms with E-state index in [-0.39, 0.29) is 11.4 Å². The molecule has 110 valence electrons. The molecule has 1 amide bonds. The van der Waals surface area contributed by atoms with E-state index in [0.29, 0.717) is 16.7 Å². The first-order valence-corrected chi connectivity index (χ1v) is 6.46. The van der Waals surface area contributed by atoms with Crippen molar-refractivity contribution < 1.29 is 9.53 Å². The second-order valence-corrected chi connectivity index (χ2v) is 4.60. The van der Waals surface area contributed by atoms with Crippen molar-refractivity contribution in [1.29, 1.82) is 0 Å². The molecular weight excluding hydrogens is 282 g/mol. The number of amides is 1. The molecule has 1 aromatic carbocycles. The number of rotatable bonds is 3. The number of fused-ring (bicyclic) bond motifs is 1. The van der Waals surface area contributed by atoms with Crippen LogP contribution in [0, 0.1) is 0 Å². The number of carbonyl (C=O) groups excluding carboxylic acids is 1. The van der Waals surface area contributed by atoms with Gasteiger partial charge in [-0.15, -0.1) is 10.2 Å². The number of benzene rings is 1. The van der Waals surface area contributed by atoms with Crippen LogP contribution in [0.2, 0.25) is 0 Å². The van der Waals surface area contributed by atoms with Crippen molar-refractivity contribution >= 4 is 22.5 Å². The zero-order valence-corrected chi connectivity index (χ0v) is 11.8. The zero-order chi connectivity index (χ0) is 15.7. The first-order valence-electron chi connectivity index (χ1n) is 6.46. The Morgan fingerprint density at radius 3 is 2.73 bits per heavy atom. The van der Waals surface area contributed by atoms with Gasteiger partial charge in [-0.05, 0) is 6.07 Å². The van der Waals surface area contributed by atoms with Gasteiger partial charge >= 0.3 is 0 Å². The lowest BCUT2D eigenvalue weighted by Gasteiger charge is -2.11. The fourth-order valence-corrected chi connectivity index (χ4v) is 2.31. The van der Waals surface area contributed by atoms with Crippen LogP contribution >= 0.6 is 0 Å². The molecule has 0 radical (unpaired) electrons. The van der Waals surface area contributed by atoms with Crippen molar-refractivity contribution in [2.24, 2.45) is 5.73 Å². The highest BCUT2D eigenvalue weighted by molar-refractivity contribution is 6.07. The Balaban J connectivity index is 2.33. The molecule has 0 bridgehead atoms. The number of ether oxygens (including phenoxy) is 1. The van der Waals surface area contributed by atoms with Crippen LogP contribution in [0.5, 0.6) is 5.75 Å². The molecule has 7 heteroatoms. The minimum Gasteiger partial charge on any atom is -0.496 e. The first-order chi connectivity index (χ1) is 10.6. The van der Waals surface area contributed by atoms with E-state index in [1.807, 2.05) is 12.1 Å². The van der Waals surface area contributed by atoms with E-state index < -0.39 is 5.91 Å². The molecule has 2 aromatic heterocycles. The minimum atomic E-state index is -0.712. The highest BCUT2D eigenvalue weighted by Gasteiger charge is 2.16. The monoisotopic (exact) mass is 295 g/mol. The summed E-state index contributed by atoms with van der Waals surface area (Å²) in [5.41, 5.74) is 13.5. The second kappa shape index (κ2) is 5.28. The molecule has 3 rings (SSSR count). The summed E-state index contributed by atoms with van der Waals surface area (Å²) in [6.07, 6.45) is 3.31. The standard InChI is InChI=1S/C15H13N5O2/c1-22-11-5-6-18-7-10(11)8-3-2-4-9-12(16)14(15(17)21)20-19-13(8)9/h2-7H,1H3,(H2,16,19)(H2,17,21). The van der Waals surface area contributed by atoms with Crippen molar-refractivity contribution in [1.82, 2.24) is 15.2 Å². The molecule has 7 nitrogen and oxygen atoms in total. The molecule has 2 heterocycles. The number of methoxy groups -OCH3 is 1. The van der Waals surface area contributed by atoms with Gasteiger partial charge in [0.25, 0.3) is 5.91 Å². The molecule has 0 aliphatic heterocycles. The number of carbonyl (C=O) groups is 1. The van der Waals surface area contributed by atoms with E-state index >= 15 is 0 Å². The maximum Gasteiger partial charge on any atom is 0.271 e. The van der Waals surface area contributed by atoms with Crippen molar-refractivity contribution in [2.75, 3.05) is 12.8 Å². The zero-order valence-electron chi connectivity index (χ0n) is 11.8. The van der Waals surface area contributed by atoms with Gasteiger partial charge in [0.15, 0.2) is 5.69 Å². The van der Waals surface area contributed by atoms with Crippen LogP contribution in [0.1, 0.15) is 10.5 Å². The third-order valence-corrected chi connectivity index (χ3v) is 3.36. The average Bonchev–Trinajstić information content (AvgIpc) is 2.54. The normalized spacial score (nSPS) is 10.6. The SMILES string of the molecule is COc1ccncc1-c1cccc2c(N)c(C(N)=O)nnc12. The molecule has 3 aromatic rings. The first kappa shape index (κ1) is 13.7. The van der Waals surface area contributed by atoms with E-state index in [4.69, 9.17) is 16.2 Å². The van der Waals surface area contributed by atoms with E-state index in [0.717, 1.165) is 11.1 Å². The fraction of sp³-hybridized carbons (Fsp3) is 0.0667. The molecular formula is C15H13N5O2. The molecule has 0 aliphatic rings. The number of anilines is 1. The van der Waals surface area contributed by atoms with Crippen molar-refractivity contribution in [3.05, 3.63) is 42.4 Å². The van der Waals surface area contributed by atoms with E-state index in [9.17, 15) is 4.79 Å². The third-order valence-electron chi connectivity index (χ3n) is 3.36. The number of hydrogen-bond donors (Lipinski definition) is 2. The number of hydrogen-bond acceptors (Lipinski definition) is 6. The summed E-state index contributed by atoms with van der Waals surface area (Å²) in [6, 6.07) is 7.19. The smallest absolute Gasteiger partial charge is 0.271 e. The van der Waals surface area contributed by atoms with Gasteiger partial charge in [0.2, 0.25) is 0 Å². The fourth-order valence-electron chi connectivity index (χ4n) is 2.31. The largest absolute Gasteiger partial charge is 0.496 e. The number of nitrogen functional groups attached to an aromatic ring is 1. The van der Waals surface area contributed by atoms with Crippen LogP contribution in [0.15, 0.2) is 36.7 Å². The van der Waals surface area contributed by atoms with Crippen LogP contribution in [0.25, 0.3) is 22.0 Å². The Labute approximate surface area is 125 Å². The summed E-state index contributed by atoms with van der Waals surface area (Å²) in [4.78, 5) is 15.4. The molecule has 22 heavy (non-hydrogen) atoms. The summed E-state index contributed by atoms with van der Waals surface area (Å²) in [6.45, 7) is 0. The van der Waals surface area contributed by atoms with Gasteiger partial charge in [0, 0.05) is 28.9 Å². The summed E-state index contributed by atoms with van der Waals surface area (Å²) in [5, 5.41) is 8.54.